The summed E-state index contributed by atoms with van der Waals surface area (Å²) in [6.07, 6.45) is -2.90. The molecule has 0 unspecified atom stereocenters. The second-order valence-corrected chi connectivity index (χ2v) is 5.37. The van der Waals surface area contributed by atoms with Crippen LogP contribution in [0.2, 0.25) is 0 Å². The molecule has 1 fully saturated rings. The van der Waals surface area contributed by atoms with Gasteiger partial charge in [0.05, 0.1) is 12.8 Å². The molecule has 1 aliphatic heterocycles. The van der Waals surface area contributed by atoms with Crippen LogP contribution in [0.3, 0.4) is 0 Å². The number of aliphatic imine (C=N–C) groups is 1. The van der Waals surface area contributed by atoms with Gasteiger partial charge in [-0.25, -0.2) is 14.2 Å². The van der Waals surface area contributed by atoms with Gasteiger partial charge >= 0.3 is 12.2 Å². The lowest BCUT2D eigenvalue weighted by Gasteiger charge is -2.33. The third-order valence-corrected chi connectivity index (χ3v) is 3.65. The largest absolute Gasteiger partial charge is 0.427 e. The fourth-order valence-electron chi connectivity index (χ4n) is 2.26. The van der Waals surface area contributed by atoms with Gasteiger partial charge in [0.2, 0.25) is 5.60 Å². The number of alkyl halides is 3. The zero-order chi connectivity index (χ0) is 16.0. The Hall–Kier alpha value is -1.96. The van der Waals surface area contributed by atoms with Gasteiger partial charge in [-0.1, -0.05) is 0 Å². The number of nitrogens with one attached hydrogen (secondary N) is 1. The molecule has 1 heterocycles. The van der Waals surface area contributed by atoms with Crippen LogP contribution in [0, 0.1) is 11.7 Å². The standard InChI is InChI=1S/C14H12F4N2O2/c15-9-3-4-11-10(5-9)13(14(16,17)18,7-19-12(21)20-11)22-6-8-1-2-8/h3-5,7-8H,1-2,6H2,(H,20,21)/t13-/m0/s1. The topological polar surface area (TPSA) is 50.7 Å². The van der Waals surface area contributed by atoms with Crippen molar-refractivity contribution >= 4 is 17.9 Å². The van der Waals surface area contributed by atoms with E-state index in [1.165, 1.54) is 0 Å². The normalized spacial score (nSPS) is 24.6. The number of urea groups is 1. The van der Waals surface area contributed by atoms with Crippen molar-refractivity contribution in [2.75, 3.05) is 11.9 Å². The molecule has 0 spiro atoms. The van der Waals surface area contributed by atoms with E-state index in [0.29, 0.717) is 12.3 Å². The van der Waals surface area contributed by atoms with Crippen LogP contribution in [0.25, 0.3) is 0 Å². The Bertz CT molecular complexity index is 640. The summed E-state index contributed by atoms with van der Waals surface area (Å²) in [4.78, 5) is 14.7. The highest BCUT2D eigenvalue weighted by Crippen LogP contribution is 2.46. The average Bonchev–Trinajstić information content (AvgIpc) is 3.24. The molecule has 22 heavy (non-hydrogen) atoms. The van der Waals surface area contributed by atoms with Gasteiger partial charge in [0, 0.05) is 11.3 Å². The SMILES string of the molecule is O=C1N=C[C@@](OCC2CC2)(C(F)(F)F)c2cc(F)ccc2N1. The summed E-state index contributed by atoms with van der Waals surface area (Å²) in [5.74, 6) is -0.802. The summed E-state index contributed by atoms with van der Waals surface area (Å²) < 4.78 is 59.7. The van der Waals surface area contributed by atoms with Crippen LogP contribution in [0.1, 0.15) is 18.4 Å². The Kier molecular flexibility index (Phi) is 3.43. The van der Waals surface area contributed by atoms with Crippen molar-refractivity contribution in [3.8, 4) is 0 Å². The van der Waals surface area contributed by atoms with Crippen LogP contribution in [-0.2, 0) is 10.3 Å². The molecule has 1 atom stereocenters. The van der Waals surface area contributed by atoms with E-state index in [1.807, 2.05) is 0 Å². The van der Waals surface area contributed by atoms with Crippen molar-refractivity contribution in [2.45, 2.75) is 24.6 Å². The third kappa shape index (κ3) is 2.58. The van der Waals surface area contributed by atoms with E-state index >= 15 is 0 Å². The molecule has 1 aliphatic carbocycles. The molecule has 3 rings (SSSR count). The Balaban J connectivity index is 2.14. The van der Waals surface area contributed by atoms with Crippen LogP contribution in [0.5, 0.6) is 0 Å². The molecule has 0 bridgehead atoms. The Morgan fingerprint density at radius 3 is 2.73 bits per heavy atom. The Morgan fingerprint density at radius 1 is 1.36 bits per heavy atom. The van der Waals surface area contributed by atoms with Crippen molar-refractivity contribution in [1.82, 2.24) is 0 Å². The smallest absolute Gasteiger partial charge is 0.356 e. The number of fused-ring (bicyclic) bond motifs is 1. The number of halogens is 4. The minimum absolute atomic E-state index is 0.0524. The van der Waals surface area contributed by atoms with E-state index in [1.54, 1.807) is 0 Å². The number of nitrogens with zero attached hydrogens (tertiary/aromatic N) is 1. The lowest BCUT2D eigenvalue weighted by Crippen LogP contribution is -2.47. The van der Waals surface area contributed by atoms with Crippen molar-refractivity contribution in [1.29, 1.82) is 0 Å². The maximum absolute atomic E-state index is 13.7. The van der Waals surface area contributed by atoms with Gasteiger partial charge in [0.15, 0.2) is 0 Å². The van der Waals surface area contributed by atoms with Gasteiger partial charge in [-0.15, -0.1) is 0 Å². The molecule has 0 aromatic heterocycles. The number of rotatable bonds is 3. The van der Waals surface area contributed by atoms with Crippen LogP contribution < -0.4 is 5.32 Å². The highest BCUT2D eigenvalue weighted by molar-refractivity contribution is 6.00. The van der Waals surface area contributed by atoms with E-state index in [0.717, 1.165) is 25.0 Å². The molecule has 1 aromatic rings. The molecule has 0 radical (unpaired) electrons. The predicted molar refractivity (Wildman–Crippen MR) is 70.3 cm³/mol. The van der Waals surface area contributed by atoms with Crippen molar-refractivity contribution in [3.63, 3.8) is 0 Å². The summed E-state index contributed by atoms with van der Waals surface area (Å²) in [6, 6.07) is 1.78. The molecule has 0 saturated heterocycles. The van der Waals surface area contributed by atoms with E-state index in [2.05, 4.69) is 10.3 Å². The number of benzene rings is 1. The number of anilines is 1. The summed E-state index contributed by atoms with van der Waals surface area (Å²) >= 11 is 0. The molecule has 118 valence electrons. The molecule has 4 nitrogen and oxygen atoms in total. The van der Waals surface area contributed by atoms with Crippen LogP contribution in [-0.4, -0.2) is 25.0 Å². The number of carbonyl (C=O) groups is 1. The first-order valence-electron chi connectivity index (χ1n) is 6.69. The zero-order valence-electron chi connectivity index (χ0n) is 11.3. The number of ether oxygens (including phenoxy) is 1. The molecular weight excluding hydrogens is 304 g/mol. The second kappa shape index (κ2) is 5.05. The number of hydrogen-bond donors (Lipinski definition) is 1. The maximum atomic E-state index is 13.7. The molecule has 1 N–H and O–H groups in total. The van der Waals surface area contributed by atoms with Crippen molar-refractivity contribution < 1.29 is 27.1 Å². The van der Waals surface area contributed by atoms with E-state index < -0.39 is 29.2 Å². The van der Waals surface area contributed by atoms with Gasteiger partial charge in [-0.3, -0.25) is 0 Å². The monoisotopic (exact) mass is 316 g/mol. The van der Waals surface area contributed by atoms with Crippen LogP contribution >= 0.6 is 0 Å². The Morgan fingerprint density at radius 2 is 2.09 bits per heavy atom. The number of hydrogen-bond acceptors (Lipinski definition) is 2. The average molecular weight is 316 g/mol. The quantitative estimate of drug-likeness (QED) is 0.866. The molecular formula is C14H12F4N2O2. The lowest BCUT2D eigenvalue weighted by molar-refractivity contribution is -0.252. The predicted octanol–water partition coefficient (Wildman–Crippen LogP) is 3.63. The van der Waals surface area contributed by atoms with E-state index in [4.69, 9.17) is 4.74 Å². The van der Waals surface area contributed by atoms with Crippen molar-refractivity contribution in [3.05, 3.63) is 29.6 Å². The third-order valence-electron chi connectivity index (χ3n) is 3.65. The first-order valence-corrected chi connectivity index (χ1v) is 6.69. The molecule has 2 aliphatic rings. The maximum Gasteiger partial charge on any atom is 0.427 e. The van der Waals surface area contributed by atoms with E-state index in [9.17, 15) is 22.4 Å². The van der Waals surface area contributed by atoms with E-state index in [-0.39, 0.29) is 18.2 Å². The van der Waals surface area contributed by atoms with Gasteiger partial charge in [0.25, 0.3) is 0 Å². The highest BCUT2D eigenvalue weighted by atomic mass is 19.4. The molecule has 1 aromatic carbocycles. The van der Waals surface area contributed by atoms with Gasteiger partial charge in [0.1, 0.15) is 5.82 Å². The van der Waals surface area contributed by atoms with Crippen molar-refractivity contribution in [2.24, 2.45) is 10.9 Å². The molecule has 2 amide bonds. The first kappa shape index (κ1) is 15.0. The second-order valence-electron chi connectivity index (χ2n) is 5.37. The summed E-state index contributed by atoms with van der Waals surface area (Å²) in [6.45, 7) is -0.129. The zero-order valence-corrected chi connectivity index (χ0v) is 11.3. The first-order chi connectivity index (χ1) is 10.3. The number of carbonyl (C=O) groups excluding carboxylic acids is 1. The number of amides is 2. The molecule has 1 saturated carbocycles. The van der Waals surface area contributed by atoms with Gasteiger partial charge < -0.3 is 10.1 Å². The Labute approximate surface area is 123 Å². The molecule has 8 heteroatoms. The fraction of sp³-hybridized carbons (Fsp3) is 0.429. The van der Waals surface area contributed by atoms with Gasteiger partial charge in [-0.05, 0) is 37.0 Å². The minimum Gasteiger partial charge on any atom is -0.356 e. The fourth-order valence-corrected chi connectivity index (χ4v) is 2.26. The summed E-state index contributed by atoms with van der Waals surface area (Å²) in [5.41, 5.74) is -3.61. The highest BCUT2D eigenvalue weighted by Gasteiger charge is 2.59. The summed E-state index contributed by atoms with van der Waals surface area (Å²) in [5, 5.41) is 2.20. The van der Waals surface area contributed by atoms with Crippen LogP contribution in [0.15, 0.2) is 23.2 Å². The summed E-state index contributed by atoms with van der Waals surface area (Å²) in [7, 11) is 0. The lowest BCUT2D eigenvalue weighted by atomic mass is 9.92. The van der Waals surface area contributed by atoms with Crippen LogP contribution in [0.4, 0.5) is 28.0 Å². The minimum atomic E-state index is -4.89. The van der Waals surface area contributed by atoms with Gasteiger partial charge in [-0.2, -0.15) is 13.2 Å².